The van der Waals surface area contributed by atoms with Gasteiger partial charge in [0.1, 0.15) is 5.82 Å². The molecule has 1 N–H and O–H groups in total. The van der Waals surface area contributed by atoms with E-state index < -0.39 is 0 Å². The number of nitrogens with one attached hydrogen (secondary N) is 1. The molecule has 3 aromatic rings. The zero-order valence-electron chi connectivity index (χ0n) is 12.8. The molecule has 3 rings (SSSR count). The van der Waals surface area contributed by atoms with Gasteiger partial charge in [0, 0.05) is 23.1 Å². The van der Waals surface area contributed by atoms with Crippen LogP contribution in [-0.2, 0) is 4.79 Å². The first-order valence-corrected chi connectivity index (χ1v) is 7.93. The summed E-state index contributed by atoms with van der Waals surface area (Å²) >= 11 is 5.93. The minimum absolute atomic E-state index is 0.166. The van der Waals surface area contributed by atoms with E-state index in [2.05, 4.69) is 5.32 Å². The zero-order valence-corrected chi connectivity index (χ0v) is 13.6. The lowest BCUT2D eigenvalue weighted by Gasteiger charge is -2.19. The van der Waals surface area contributed by atoms with Crippen molar-refractivity contribution in [3.8, 4) is 0 Å². The van der Waals surface area contributed by atoms with Gasteiger partial charge in [-0.25, -0.2) is 4.39 Å². The van der Waals surface area contributed by atoms with Gasteiger partial charge in [0.25, 0.3) is 0 Å². The van der Waals surface area contributed by atoms with Crippen molar-refractivity contribution in [2.75, 3.05) is 5.32 Å². The first kappa shape index (κ1) is 16.3. The van der Waals surface area contributed by atoms with E-state index in [0.29, 0.717) is 10.7 Å². The molecule has 24 heavy (non-hydrogen) atoms. The second-order valence-electron chi connectivity index (χ2n) is 5.46. The lowest BCUT2D eigenvalue weighted by molar-refractivity contribution is -0.116. The van der Waals surface area contributed by atoms with Gasteiger partial charge in [-0.1, -0.05) is 29.8 Å². The fourth-order valence-electron chi connectivity index (χ4n) is 2.62. The molecule has 122 valence electrons. The molecule has 0 unspecified atom stereocenters. The molecule has 0 saturated heterocycles. The number of aromatic nitrogens is 1. The van der Waals surface area contributed by atoms with Crippen molar-refractivity contribution in [1.82, 2.24) is 4.57 Å². The third kappa shape index (κ3) is 4.03. The van der Waals surface area contributed by atoms with Crippen molar-refractivity contribution < 1.29 is 9.18 Å². The number of rotatable bonds is 5. The summed E-state index contributed by atoms with van der Waals surface area (Å²) in [4.78, 5) is 12.4. The van der Waals surface area contributed by atoms with Gasteiger partial charge in [0.15, 0.2) is 0 Å². The molecule has 0 aliphatic heterocycles. The summed E-state index contributed by atoms with van der Waals surface area (Å²) < 4.78 is 15.5. The van der Waals surface area contributed by atoms with Gasteiger partial charge >= 0.3 is 0 Å². The quantitative estimate of drug-likeness (QED) is 0.703. The molecule has 0 aliphatic carbocycles. The topological polar surface area (TPSA) is 34.0 Å². The van der Waals surface area contributed by atoms with Gasteiger partial charge in [0.05, 0.1) is 12.5 Å². The molecule has 0 fully saturated rings. The van der Waals surface area contributed by atoms with Crippen LogP contribution < -0.4 is 5.32 Å². The number of halogens is 2. The number of carbonyl (C=O) groups is 1. The van der Waals surface area contributed by atoms with E-state index in [4.69, 9.17) is 11.6 Å². The molecule has 0 saturated carbocycles. The van der Waals surface area contributed by atoms with Crippen LogP contribution in [-0.4, -0.2) is 10.5 Å². The van der Waals surface area contributed by atoms with Gasteiger partial charge < -0.3 is 9.88 Å². The maximum absolute atomic E-state index is 13.6. The van der Waals surface area contributed by atoms with Crippen LogP contribution in [0, 0.1) is 5.82 Å². The van der Waals surface area contributed by atoms with Gasteiger partial charge in [-0.3, -0.25) is 4.79 Å². The summed E-state index contributed by atoms with van der Waals surface area (Å²) in [7, 11) is 0. The number of carbonyl (C=O) groups excluding carboxylic acids is 1. The van der Waals surface area contributed by atoms with Crippen LogP contribution in [0.4, 0.5) is 10.1 Å². The SMILES string of the molecule is O=C(C[C@@H](c1cccc(F)c1)n1cccc1)Nc1cccc(Cl)c1. The molecule has 0 bridgehead atoms. The first-order valence-electron chi connectivity index (χ1n) is 7.55. The summed E-state index contributed by atoms with van der Waals surface area (Å²) in [6, 6.07) is 16.8. The Balaban J connectivity index is 1.80. The maximum atomic E-state index is 13.6. The molecular weight excluding hydrogens is 327 g/mol. The summed E-state index contributed by atoms with van der Waals surface area (Å²) in [5.74, 6) is -0.486. The molecule has 1 amide bonds. The molecule has 0 radical (unpaired) electrons. The standard InChI is InChI=1S/C19H16ClFN2O/c20-15-6-4-8-17(12-15)22-19(24)13-18(23-9-1-2-10-23)14-5-3-7-16(21)11-14/h1-12,18H,13H2,(H,22,24)/t18-/m0/s1. The third-order valence-corrected chi connectivity index (χ3v) is 3.94. The highest BCUT2D eigenvalue weighted by Crippen LogP contribution is 2.24. The summed E-state index contributed by atoms with van der Waals surface area (Å²) in [5.41, 5.74) is 1.38. The minimum Gasteiger partial charge on any atom is -0.346 e. The second kappa shape index (κ2) is 7.32. The van der Waals surface area contributed by atoms with E-state index in [9.17, 15) is 9.18 Å². The molecule has 3 nitrogen and oxygen atoms in total. The smallest absolute Gasteiger partial charge is 0.226 e. The molecule has 2 aromatic carbocycles. The predicted molar refractivity (Wildman–Crippen MR) is 93.7 cm³/mol. The Morgan fingerprint density at radius 3 is 2.54 bits per heavy atom. The molecule has 1 atom stereocenters. The van der Waals surface area contributed by atoms with E-state index in [0.717, 1.165) is 5.56 Å². The number of benzene rings is 2. The van der Waals surface area contributed by atoms with Crippen molar-refractivity contribution in [3.63, 3.8) is 0 Å². The normalized spacial score (nSPS) is 11.9. The highest BCUT2D eigenvalue weighted by molar-refractivity contribution is 6.30. The molecule has 0 spiro atoms. The van der Waals surface area contributed by atoms with Crippen molar-refractivity contribution in [1.29, 1.82) is 0 Å². The lowest BCUT2D eigenvalue weighted by Crippen LogP contribution is -2.19. The molecular formula is C19H16ClFN2O. The Bertz CT molecular complexity index is 833. The summed E-state index contributed by atoms with van der Waals surface area (Å²) in [6.45, 7) is 0. The van der Waals surface area contributed by atoms with E-state index in [1.54, 1.807) is 30.3 Å². The average molecular weight is 343 g/mol. The van der Waals surface area contributed by atoms with E-state index in [1.807, 2.05) is 35.2 Å². The van der Waals surface area contributed by atoms with Gasteiger partial charge in [-0.05, 0) is 48.0 Å². The van der Waals surface area contributed by atoms with Crippen molar-refractivity contribution in [2.45, 2.75) is 12.5 Å². The van der Waals surface area contributed by atoms with Gasteiger partial charge in [-0.15, -0.1) is 0 Å². The second-order valence-corrected chi connectivity index (χ2v) is 5.90. The van der Waals surface area contributed by atoms with Crippen LogP contribution in [0.25, 0.3) is 0 Å². The highest BCUT2D eigenvalue weighted by Gasteiger charge is 2.18. The van der Waals surface area contributed by atoms with Crippen LogP contribution in [0.1, 0.15) is 18.0 Å². The Kier molecular flexibility index (Phi) is 4.96. The van der Waals surface area contributed by atoms with E-state index >= 15 is 0 Å². The Labute approximate surface area is 144 Å². The van der Waals surface area contributed by atoms with E-state index in [1.165, 1.54) is 12.1 Å². The van der Waals surface area contributed by atoms with Crippen LogP contribution in [0.15, 0.2) is 73.1 Å². The minimum atomic E-state index is -0.320. The van der Waals surface area contributed by atoms with Crippen LogP contribution in [0.2, 0.25) is 5.02 Å². The highest BCUT2D eigenvalue weighted by atomic mass is 35.5. The zero-order chi connectivity index (χ0) is 16.9. The summed E-state index contributed by atoms with van der Waals surface area (Å²) in [5, 5.41) is 3.38. The first-order chi connectivity index (χ1) is 11.6. The predicted octanol–water partition coefficient (Wildman–Crippen LogP) is 4.90. The van der Waals surface area contributed by atoms with E-state index in [-0.39, 0.29) is 24.2 Å². The molecule has 1 heterocycles. The number of anilines is 1. The lowest BCUT2D eigenvalue weighted by atomic mass is 10.0. The van der Waals surface area contributed by atoms with Crippen molar-refractivity contribution >= 4 is 23.2 Å². The average Bonchev–Trinajstić information content (AvgIpc) is 3.07. The van der Waals surface area contributed by atoms with Crippen LogP contribution in [0.5, 0.6) is 0 Å². The van der Waals surface area contributed by atoms with Gasteiger partial charge in [-0.2, -0.15) is 0 Å². The summed E-state index contributed by atoms with van der Waals surface area (Å²) in [6.07, 6.45) is 3.91. The Hall–Kier alpha value is -2.59. The molecule has 0 aliphatic rings. The largest absolute Gasteiger partial charge is 0.346 e. The maximum Gasteiger partial charge on any atom is 0.226 e. The number of hydrogen-bond donors (Lipinski definition) is 1. The van der Waals surface area contributed by atoms with Gasteiger partial charge in [0.2, 0.25) is 5.91 Å². The Morgan fingerprint density at radius 2 is 1.83 bits per heavy atom. The number of amides is 1. The number of nitrogens with zero attached hydrogens (tertiary/aromatic N) is 1. The third-order valence-electron chi connectivity index (χ3n) is 3.71. The van der Waals surface area contributed by atoms with Crippen LogP contribution >= 0.6 is 11.6 Å². The van der Waals surface area contributed by atoms with Crippen LogP contribution in [0.3, 0.4) is 0 Å². The fraction of sp³-hybridized carbons (Fsp3) is 0.105. The molecule has 1 aromatic heterocycles. The van der Waals surface area contributed by atoms with Crippen molar-refractivity contribution in [2.24, 2.45) is 0 Å². The number of hydrogen-bond acceptors (Lipinski definition) is 1. The Morgan fingerprint density at radius 1 is 1.08 bits per heavy atom. The monoisotopic (exact) mass is 342 g/mol. The van der Waals surface area contributed by atoms with Crippen molar-refractivity contribution in [3.05, 3.63) is 89.5 Å². The fourth-order valence-corrected chi connectivity index (χ4v) is 2.81. The molecule has 5 heteroatoms.